The maximum absolute atomic E-state index is 9.65. The largest absolute Gasteiger partial charge is 0.394 e. The lowest BCUT2D eigenvalue weighted by atomic mass is 9.97. The molecule has 0 spiro atoms. The third-order valence-electron chi connectivity index (χ3n) is 2.83. The molecule has 2 rings (SSSR count). The number of aliphatic hydroxyl groups is 1. The average Bonchev–Trinajstić information content (AvgIpc) is 2.42. The van der Waals surface area contributed by atoms with Crippen molar-refractivity contribution in [3.63, 3.8) is 0 Å². The Hall–Kier alpha value is -1.58. The van der Waals surface area contributed by atoms with E-state index in [1.165, 1.54) is 0 Å². The number of rotatable bonds is 4. The fourth-order valence-electron chi connectivity index (χ4n) is 1.73. The van der Waals surface area contributed by atoms with Crippen molar-refractivity contribution in [3.05, 3.63) is 59.4 Å². The number of para-hydroxylation sites is 1. The van der Waals surface area contributed by atoms with E-state index in [0.717, 1.165) is 11.4 Å². The quantitative estimate of drug-likeness (QED) is 0.890. The molecule has 3 nitrogen and oxygen atoms in total. The molecule has 1 heterocycles. The van der Waals surface area contributed by atoms with Crippen LogP contribution in [0.15, 0.2) is 48.7 Å². The minimum atomic E-state index is -0.660. The highest BCUT2D eigenvalue weighted by atomic mass is 35.5. The molecule has 2 aromatic rings. The first kappa shape index (κ1) is 12.9. The summed E-state index contributed by atoms with van der Waals surface area (Å²) in [6, 6.07) is 13.1. The second-order valence-electron chi connectivity index (χ2n) is 4.31. The van der Waals surface area contributed by atoms with Gasteiger partial charge in [-0.1, -0.05) is 29.8 Å². The van der Waals surface area contributed by atoms with Crippen LogP contribution in [0.1, 0.15) is 12.6 Å². The van der Waals surface area contributed by atoms with Crippen LogP contribution in [-0.4, -0.2) is 16.7 Å². The summed E-state index contributed by atoms with van der Waals surface area (Å²) in [4.78, 5) is 4.28. The number of anilines is 1. The highest BCUT2D eigenvalue weighted by Gasteiger charge is 2.27. The Kier molecular flexibility index (Phi) is 3.84. The van der Waals surface area contributed by atoms with Gasteiger partial charge in [-0.2, -0.15) is 0 Å². The van der Waals surface area contributed by atoms with Crippen LogP contribution in [0, 0.1) is 0 Å². The minimum Gasteiger partial charge on any atom is -0.394 e. The van der Waals surface area contributed by atoms with Gasteiger partial charge in [-0.05, 0) is 31.2 Å². The van der Waals surface area contributed by atoms with Gasteiger partial charge in [0.15, 0.2) is 0 Å². The first-order valence-corrected chi connectivity index (χ1v) is 6.08. The summed E-state index contributed by atoms with van der Waals surface area (Å²) in [5.41, 5.74) is 0.889. The molecule has 1 atom stereocenters. The van der Waals surface area contributed by atoms with E-state index >= 15 is 0 Å². The highest BCUT2D eigenvalue weighted by Crippen LogP contribution is 2.28. The van der Waals surface area contributed by atoms with Gasteiger partial charge in [-0.15, -0.1) is 0 Å². The van der Waals surface area contributed by atoms with Crippen LogP contribution in [0.3, 0.4) is 0 Å². The molecule has 0 aliphatic rings. The van der Waals surface area contributed by atoms with E-state index in [1.807, 2.05) is 43.3 Å². The maximum Gasteiger partial charge on any atom is 0.100 e. The molecule has 0 saturated carbocycles. The van der Waals surface area contributed by atoms with Crippen LogP contribution in [0.2, 0.25) is 5.02 Å². The second kappa shape index (κ2) is 5.38. The summed E-state index contributed by atoms with van der Waals surface area (Å²) in [5.74, 6) is 0. The molecule has 4 heteroatoms. The van der Waals surface area contributed by atoms with Gasteiger partial charge in [0.25, 0.3) is 0 Å². The van der Waals surface area contributed by atoms with E-state index in [9.17, 15) is 5.11 Å². The molecule has 0 bridgehead atoms. The number of aliphatic hydroxyl groups excluding tert-OH is 1. The minimum absolute atomic E-state index is 0.0742. The van der Waals surface area contributed by atoms with Gasteiger partial charge in [-0.3, -0.25) is 4.98 Å². The zero-order valence-electron chi connectivity index (χ0n) is 10.1. The smallest absolute Gasteiger partial charge is 0.100 e. The van der Waals surface area contributed by atoms with Crippen molar-refractivity contribution in [1.82, 2.24) is 4.98 Å². The van der Waals surface area contributed by atoms with Crippen LogP contribution < -0.4 is 5.32 Å². The average molecular weight is 263 g/mol. The molecule has 2 N–H and O–H groups in total. The first-order valence-electron chi connectivity index (χ1n) is 5.71. The van der Waals surface area contributed by atoms with Gasteiger partial charge in [0.05, 0.1) is 23.0 Å². The predicted octanol–water partition coefficient (Wildman–Crippen LogP) is 3.05. The number of benzene rings is 1. The summed E-state index contributed by atoms with van der Waals surface area (Å²) < 4.78 is 0. The van der Waals surface area contributed by atoms with E-state index in [-0.39, 0.29) is 6.61 Å². The zero-order chi connectivity index (χ0) is 13.0. The Morgan fingerprint density at radius 3 is 2.56 bits per heavy atom. The lowest BCUT2D eigenvalue weighted by molar-refractivity contribution is 0.221. The SMILES string of the molecule is CC(CO)(Nc1ccccc1Cl)c1ccccn1. The van der Waals surface area contributed by atoms with Crippen molar-refractivity contribution in [2.75, 3.05) is 11.9 Å². The van der Waals surface area contributed by atoms with Crippen molar-refractivity contribution < 1.29 is 5.11 Å². The van der Waals surface area contributed by atoms with Crippen LogP contribution >= 0.6 is 11.6 Å². The third kappa shape index (κ3) is 2.63. The Bertz CT molecular complexity index is 518. The van der Waals surface area contributed by atoms with Gasteiger partial charge in [0.1, 0.15) is 5.54 Å². The fourth-order valence-corrected chi connectivity index (χ4v) is 1.92. The number of halogens is 1. The van der Waals surface area contributed by atoms with E-state index in [0.29, 0.717) is 5.02 Å². The van der Waals surface area contributed by atoms with Gasteiger partial charge in [-0.25, -0.2) is 0 Å². The number of hydrogen-bond acceptors (Lipinski definition) is 3. The summed E-state index contributed by atoms with van der Waals surface area (Å²) >= 11 is 6.11. The molecule has 1 aromatic heterocycles. The molecule has 0 amide bonds. The molecule has 0 radical (unpaired) electrons. The monoisotopic (exact) mass is 262 g/mol. The third-order valence-corrected chi connectivity index (χ3v) is 3.16. The lowest BCUT2D eigenvalue weighted by Gasteiger charge is -2.29. The Labute approximate surface area is 111 Å². The molecule has 0 fully saturated rings. The Morgan fingerprint density at radius 1 is 1.22 bits per heavy atom. The van der Waals surface area contributed by atoms with Gasteiger partial charge in [0, 0.05) is 6.20 Å². The van der Waals surface area contributed by atoms with Crippen molar-refractivity contribution in [2.45, 2.75) is 12.5 Å². The Balaban J connectivity index is 2.32. The van der Waals surface area contributed by atoms with Crippen molar-refractivity contribution in [3.8, 4) is 0 Å². The van der Waals surface area contributed by atoms with Crippen LogP contribution in [0.4, 0.5) is 5.69 Å². The molecule has 18 heavy (non-hydrogen) atoms. The summed E-state index contributed by atoms with van der Waals surface area (Å²) in [5, 5.41) is 13.5. The van der Waals surface area contributed by atoms with Gasteiger partial charge >= 0.3 is 0 Å². The molecule has 0 saturated heterocycles. The number of aromatic nitrogens is 1. The van der Waals surface area contributed by atoms with Gasteiger partial charge in [0.2, 0.25) is 0 Å². The van der Waals surface area contributed by atoms with Crippen molar-refractivity contribution in [2.24, 2.45) is 0 Å². The number of nitrogens with zero attached hydrogens (tertiary/aromatic N) is 1. The molecule has 1 unspecified atom stereocenters. The van der Waals surface area contributed by atoms with E-state index in [2.05, 4.69) is 10.3 Å². The molecule has 94 valence electrons. The molecular weight excluding hydrogens is 248 g/mol. The van der Waals surface area contributed by atoms with Crippen molar-refractivity contribution in [1.29, 1.82) is 0 Å². The summed E-state index contributed by atoms with van der Waals surface area (Å²) in [6.45, 7) is 1.81. The van der Waals surface area contributed by atoms with Crippen LogP contribution in [0.25, 0.3) is 0 Å². The molecular formula is C14H15ClN2O. The van der Waals surface area contributed by atoms with Crippen LogP contribution in [-0.2, 0) is 5.54 Å². The fraction of sp³-hybridized carbons (Fsp3) is 0.214. The molecule has 1 aromatic carbocycles. The van der Waals surface area contributed by atoms with E-state index in [4.69, 9.17) is 11.6 Å². The maximum atomic E-state index is 9.65. The summed E-state index contributed by atoms with van der Waals surface area (Å²) in [6.07, 6.45) is 1.71. The topological polar surface area (TPSA) is 45.1 Å². The first-order chi connectivity index (χ1) is 8.65. The number of pyridine rings is 1. The normalized spacial score (nSPS) is 13.9. The van der Waals surface area contributed by atoms with E-state index in [1.54, 1.807) is 12.3 Å². The standard InChI is InChI=1S/C14H15ClN2O/c1-14(10-18,13-8-4-5-9-16-13)17-12-7-3-2-6-11(12)15/h2-9,17-18H,10H2,1H3. The Morgan fingerprint density at radius 2 is 1.94 bits per heavy atom. The highest BCUT2D eigenvalue weighted by molar-refractivity contribution is 6.33. The van der Waals surface area contributed by atoms with E-state index < -0.39 is 5.54 Å². The van der Waals surface area contributed by atoms with Crippen molar-refractivity contribution >= 4 is 17.3 Å². The van der Waals surface area contributed by atoms with Crippen LogP contribution in [0.5, 0.6) is 0 Å². The predicted molar refractivity (Wildman–Crippen MR) is 73.7 cm³/mol. The van der Waals surface area contributed by atoms with Gasteiger partial charge < -0.3 is 10.4 Å². The number of hydrogen-bond donors (Lipinski definition) is 2. The lowest BCUT2D eigenvalue weighted by Crippen LogP contribution is -2.36. The molecule has 0 aliphatic carbocycles. The number of nitrogens with one attached hydrogen (secondary N) is 1. The summed E-state index contributed by atoms with van der Waals surface area (Å²) in [7, 11) is 0. The molecule has 0 aliphatic heterocycles. The zero-order valence-corrected chi connectivity index (χ0v) is 10.9. The second-order valence-corrected chi connectivity index (χ2v) is 4.72.